The van der Waals surface area contributed by atoms with Gasteiger partial charge in [0.05, 0.1) is 22.1 Å². The summed E-state index contributed by atoms with van der Waals surface area (Å²) in [5, 5.41) is 0. The van der Waals surface area contributed by atoms with Gasteiger partial charge in [-0.25, -0.2) is 4.79 Å². The van der Waals surface area contributed by atoms with Crippen LogP contribution in [0.4, 0.5) is 0 Å². The van der Waals surface area contributed by atoms with Crippen molar-refractivity contribution in [3.63, 3.8) is 0 Å². The summed E-state index contributed by atoms with van der Waals surface area (Å²) in [5.41, 5.74) is 1.63. The molecule has 1 atom stereocenters. The first-order valence-corrected chi connectivity index (χ1v) is 8.59. The van der Waals surface area contributed by atoms with Crippen molar-refractivity contribution < 1.29 is 14.3 Å². The van der Waals surface area contributed by atoms with Gasteiger partial charge in [0.1, 0.15) is 0 Å². The van der Waals surface area contributed by atoms with Crippen molar-refractivity contribution in [3.8, 4) is 0 Å². The monoisotopic (exact) mass is 429 g/mol. The molecule has 0 aromatic heterocycles. The van der Waals surface area contributed by atoms with Crippen LogP contribution in [0.5, 0.6) is 0 Å². The molecule has 0 saturated carbocycles. The van der Waals surface area contributed by atoms with E-state index in [0.717, 1.165) is 21.8 Å². The highest BCUT2D eigenvalue weighted by molar-refractivity contribution is 9.28. The predicted octanol–water partition coefficient (Wildman–Crippen LogP) is 3.64. The lowest BCUT2D eigenvalue weighted by molar-refractivity contribution is -0.128. The first-order valence-electron chi connectivity index (χ1n) is 7.01. The number of benzene rings is 1. The molecule has 1 saturated heterocycles. The number of methoxy groups -OCH3 is 1. The number of hydrogen-bond donors (Lipinski definition) is 0. The zero-order valence-electron chi connectivity index (χ0n) is 12.2. The van der Waals surface area contributed by atoms with E-state index in [2.05, 4.69) is 36.6 Å². The molecular weight excluding hydrogens is 414 g/mol. The predicted molar refractivity (Wildman–Crippen MR) is 92.2 cm³/mol. The number of ether oxygens (including phenoxy) is 1. The van der Waals surface area contributed by atoms with Crippen LogP contribution in [-0.2, 0) is 16.0 Å². The van der Waals surface area contributed by atoms with Gasteiger partial charge in [-0.05, 0) is 68.5 Å². The molecule has 1 amide bonds. The molecule has 0 N–H and O–H groups in total. The van der Waals surface area contributed by atoms with Crippen LogP contribution in [0.1, 0.15) is 28.8 Å². The first-order chi connectivity index (χ1) is 10.5. The van der Waals surface area contributed by atoms with Gasteiger partial charge in [0.2, 0.25) is 5.91 Å². The van der Waals surface area contributed by atoms with Gasteiger partial charge in [0.25, 0.3) is 0 Å². The zero-order valence-corrected chi connectivity index (χ0v) is 15.4. The number of hydrogen-bond acceptors (Lipinski definition) is 3. The second kappa shape index (κ2) is 7.92. The fourth-order valence-electron chi connectivity index (χ4n) is 2.54. The number of rotatable bonds is 5. The van der Waals surface area contributed by atoms with Crippen LogP contribution in [0.15, 0.2) is 33.7 Å². The molecule has 0 bridgehead atoms. The Morgan fingerprint density at radius 1 is 1.36 bits per heavy atom. The number of likely N-dealkylation sites (tertiary alicyclic amines) is 1. The normalized spacial score (nSPS) is 17.5. The third kappa shape index (κ3) is 4.43. The topological polar surface area (TPSA) is 46.6 Å². The van der Waals surface area contributed by atoms with Gasteiger partial charge >= 0.3 is 5.97 Å². The first kappa shape index (κ1) is 17.2. The average molecular weight is 431 g/mol. The summed E-state index contributed by atoms with van der Waals surface area (Å²) in [7, 11) is 1.37. The SMILES string of the molecule is COC(=O)c1ccc(CCN2C(=O)CC[C@@H]2C=C(Br)Br)cc1. The standard InChI is InChI=1S/C16H17Br2NO3/c1-22-16(21)12-4-2-11(3-5-12)8-9-19-13(10-14(17)18)6-7-15(19)20/h2-5,10,13H,6-9H2,1H3/t13-/m1/s1. The summed E-state index contributed by atoms with van der Waals surface area (Å²) in [6, 6.07) is 7.44. The van der Waals surface area contributed by atoms with Crippen LogP contribution in [0.25, 0.3) is 0 Å². The van der Waals surface area contributed by atoms with E-state index in [4.69, 9.17) is 0 Å². The minimum atomic E-state index is -0.339. The highest BCUT2D eigenvalue weighted by Crippen LogP contribution is 2.24. The van der Waals surface area contributed by atoms with Crippen molar-refractivity contribution >= 4 is 43.7 Å². The molecule has 1 heterocycles. The number of carbonyl (C=O) groups is 2. The van der Waals surface area contributed by atoms with Crippen molar-refractivity contribution in [1.29, 1.82) is 0 Å². The molecule has 0 unspecified atom stereocenters. The molecule has 1 fully saturated rings. The van der Waals surface area contributed by atoms with Crippen LogP contribution in [0.2, 0.25) is 0 Å². The third-order valence-corrected chi connectivity index (χ3v) is 4.24. The van der Waals surface area contributed by atoms with Crippen LogP contribution in [-0.4, -0.2) is 36.5 Å². The molecule has 1 aromatic carbocycles. The van der Waals surface area contributed by atoms with E-state index in [1.165, 1.54) is 7.11 Å². The summed E-state index contributed by atoms with van der Waals surface area (Å²) in [6.45, 7) is 0.671. The Morgan fingerprint density at radius 3 is 2.64 bits per heavy atom. The van der Waals surface area contributed by atoms with Crippen LogP contribution in [0.3, 0.4) is 0 Å². The molecule has 2 rings (SSSR count). The maximum atomic E-state index is 12.0. The molecule has 1 aliphatic rings. The maximum absolute atomic E-state index is 12.0. The van der Waals surface area contributed by atoms with Gasteiger partial charge in [-0.1, -0.05) is 12.1 Å². The van der Waals surface area contributed by atoms with E-state index in [9.17, 15) is 9.59 Å². The third-order valence-electron chi connectivity index (χ3n) is 3.71. The average Bonchev–Trinajstić information content (AvgIpc) is 2.84. The molecule has 6 heteroatoms. The molecule has 22 heavy (non-hydrogen) atoms. The Bertz CT molecular complexity index is 580. The van der Waals surface area contributed by atoms with Crippen molar-refractivity contribution in [1.82, 2.24) is 4.90 Å². The van der Waals surface area contributed by atoms with E-state index in [0.29, 0.717) is 18.5 Å². The zero-order chi connectivity index (χ0) is 16.1. The lowest BCUT2D eigenvalue weighted by Crippen LogP contribution is -2.33. The summed E-state index contributed by atoms with van der Waals surface area (Å²) in [4.78, 5) is 25.3. The van der Waals surface area contributed by atoms with Crippen molar-refractivity contribution in [3.05, 3.63) is 44.9 Å². The minimum Gasteiger partial charge on any atom is -0.465 e. The van der Waals surface area contributed by atoms with E-state index in [1.807, 2.05) is 23.1 Å². The Kier molecular flexibility index (Phi) is 6.20. The number of esters is 1. The van der Waals surface area contributed by atoms with Gasteiger partial charge in [-0.3, -0.25) is 4.79 Å². The van der Waals surface area contributed by atoms with Crippen molar-refractivity contribution in [2.75, 3.05) is 13.7 Å². The van der Waals surface area contributed by atoms with Gasteiger partial charge in [0, 0.05) is 13.0 Å². The fraction of sp³-hybridized carbons (Fsp3) is 0.375. The highest BCUT2D eigenvalue weighted by atomic mass is 79.9. The number of carbonyl (C=O) groups excluding carboxylic acids is 2. The maximum Gasteiger partial charge on any atom is 0.337 e. The summed E-state index contributed by atoms with van der Waals surface area (Å²) < 4.78 is 5.54. The summed E-state index contributed by atoms with van der Waals surface area (Å²) >= 11 is 6.70. The fourth-order valence-corrected chi connectivity index (χ4v) is 3.15. The number of halogens is 2. The molecule has 4 nitrogen and oxygen atoms in total. The Balaban J connectivity index is 1.98. The van der Waals surface area contributed by atoms with E-state index in [-0.39, 0.29) is 17.9 Å². The lowest BCUT2D eigenvalue weighted by atomic mass is 10.1. The second-order valence-corrected chi connectivity index (χ2v) is 7.86. The van der Waals surface area contributed by atoms with Gasteiger partial charge in [-0.2, -0.15) is 0 Å². The quantitative estimate of drug-likeness (QED) is 0.670. The summed E-state index contributed by atoms with van der Waals surface area (Å²) in [5.74, 6) is -0.151. The molecule has 0 aliphatic carbocycles. The number of amides is 1. The highest BCUT2D eigenvalue weighted by Gasteiger charge is 2.28. The van der Waals surface area contributed by atoms with E-state index < -0.39 is 0 Å². The molecule has 0 radical (unpaired) electrons. The Morgan fingerprint density at radius 2 is 2.05 bits per heavy atom. The molecule has 1 aromatic rings. The van der Waals surface area contributed by atoms with Gasteiger partial charge in [-0.15, -0.1) is 0 Å². The van der Waals surface area contributed by atoms with Gasteiger partial charge in [0.15, 0.2) is 0 Å². The van der Waals surface area contributed by atoms with Crippen molar-refractivity contribution in [2.45, 2.75) is 25.3 Å². The van der Waals surface area contributed by atoms with Crippen molar-refractivity contribution in [2.24, 2.45) is 0 Å². The van der Waals surface area contributed by atoms with Gasteiger partial charge < -0.3 is 9.64 Å². The molecule has 0 spiro atoms. The Labute approximate surface area is 146 Å². The van der Waals surface area contributed by atoms with E-state index in [1.54, 1.807) is 12.1 Å². The molecule has 1 aliphatic heterocycles. The second-order valence-electron chi connectivity index (χ2n) is 5.09. The molecular formula is C16H17Br2NO3. The van der Waals surface area contributed by atoms with Crippen LogP contribution >= 0.6 is 31.9 Å². The molecule has 118 valence electrons. The van der Waals surface area contributed by atoms with Crippen LogP contribution in [0, 0.1) is 0 Å². The number of nitrogens with zero attached hydrogens (tertiary/aromatic N) is 1. The largest absolute Gasteiger partial charge is 0.465 e. The van der Waals surface area contributed by atoms with Crippen LogP contribution < -0.4 is 0 Å². The minimum absolute atomic E-state index is 0.135. The summed E-state index contributed by atoms with van der Waals surface area (Å²) in [6.07, 6.45) is 4.21. The Hall–Kier alpha value is -1.14. The lowest BCUT2D eigenvalue weighted by Gasteiger charge is -2.22. The van der Waals surface area contributed by atoms with E-state index >= 15 is 0 Å². The smallest absolute Gasteiger partial charge is 0.337 e.